The predicted octanol–water partition coefficient (Wildman–Crippen LogP) is 22.0. The molecule has 10 aromatic carbocycles. The van der Waals surface area contributed by atoms with Crippen molar-refractivity contribution in [3.05, 3.63) is 234 Å². The predicted molar refractivity (Wildman–Crippen MR) is 389 cm³/mol. The van der Waals surface area contributed by atoms with E-state index in [9.17, 15) is 0 Å². The first-order valence-corrected chi connectivity index (χ1v) is 32.6. The van der Waals surface area contributed by atoms with Crippen molar-refractivity contribution in [3.63, 3.8) is 0 Å². The van der Waals surface area contributed by atoms with Crippen molar-refractivity contribution in [1.82, 2.24) is 4.57 Å². The minimum absolute atomic E-state index is 0.00186. The van der Waals surface area contributed by atoms with E-state index in [0.717, 1.165) is 89.8 Å². The normalized spacial score (nSPS) is 13.8. The van der Waals surface area contributed by atoms with Crippen LogP contribution in [-0.4, -0.2) is 11.3 Å². The number of rotatable bonds is 6. The molecule has 0 saturated heterocycles. The van der Waals surface area contributed by atoms with Crippen LogP contribution in [0.1, 0.15) is 158 Å². The SMILES string of the molecule is CC(C)(C)c1ccc(N(c2ccc(C(C)(C)C)cc2)c2ccc3c(c2)N(c2ccc(C(C)(C)C)cc2)c2cccc4c2B3c2cc3c(oc5ccccc53)c(-n3c5ccc(C(C)(C)C)cc5c5cc(C(C)(C)C)ccc53)c2N4c2ccc(C(C)(C)C)cc2)cc1. The Morgan fingerprint density at radius 3 is 1.22 bits per heavy atom. The molecule has 5 nitrogen and oxygen atoms in total. The molecule has 0 amide bonds. The molecule has 0 spiro atoms. The van der Waals surface area contributed by atoms with Gasteiger partial charge in [0, 0.05) is 67.0 Å². The summed E-state index contributed by atoms with van der Waals surface area (Å²) in [6.45, 7) is 41.4. The molecule has 0 fully saturated rings. The number of hydrogen-bond acceptors (Lipinski definition) is 4. The zero-order valence-electron chi connectivity index (χ0n) is 56.3. The average molecular weight is 1180 g/mol. The van der Waals surface area contributed by atoms with Crippen molar-refractivity contribution < 1.29 is 4.42 Å². The van der Waals surface area contributed by atoms with Gasteiger partial charge in [-0.25, -0.2) is 0 Å². The second-order valence-electron chi connectivity index (χ2n) is 32.0. The van der Waals surface area contributed by atoms with E-state index in [-0.39, 0.29) is 39.2 Å². The lowest BCUT2D eigenvalue weighted by Gasteiger charge is -2.45. The van der Waals surface area contributed by atoms with E-state index >= 15 is 0 Å². The fraction of sp³-hybridized carbons (Fsp3) is 0.286. The summed E-state index contributed by atoms with van der Waals surface area (Å²) in [5, 5.41) is 4.66. The number of aromatic nitrogens is 1. The van der Waals surface area contributed by atoms with E-state index in [0.29, 0.717) is 0 Å². The molecule has 2 aliphatic heterocycles. The third kappa shape index (κ3) is 9.74. The molecule has 2 aromatic heterocycles. The Bertz CT molecular complexity index is 4680. The van der Waals surface area contributed by atoms with Crippen LogP contribution < -0.4 is 31.1 Å². The van der Waals surface area contributed by atoms with E-state index in [1.165, 1.54) is 60.5 Å². The van der Waals surface area contributed by atoms with Crippen molar-refractivity contribution in [2.24, 2.45) is 0 Å². The monoisotopic (exact) mass is 1180 g/mol. The first kappa shape index (κ1) is 58.9. The van der Waals surface area contributed by atoms with Gasteiger partial charge in [-0.15, -0.1) is 0 Å². The Morgan fingerprint density at radius 2 is 0.744 bits per heavy atom. The first-order valence-electron chi connectivity index (χ1n) is 32.6. The number of furan rings is 1. The summed E-state index contributed by atoms with van der Waals surface area (Å²) < 4.78 is 10.0. The second-order valence-corrected chi connectivity index (χ2v) is 32.0. The number of nitrogens with zero attached hydrogens (tertiary/aromatic N) is 4. The van der Waals surface area contributed by atoms with Gasteiger partial charge in [0.2, 0.25) is 0 Å². The van der Waals surface area contributed by atoms with E-state index < -0.39 is 0 Å². The summed E-state index contributed by atoms with van der Waals surface area (Å²) in [6, 6.07) is 77.3. The van der Waals surface area contributed by atoms with E-state index in [2.05, 4.69) is 344 Å². The van der Waals surface area contributed by atoms with Crippen LogP contribution in [-0.2, 0) is 32.5 Å². The number of hydrogen-bond donors (Lipinski definition) is 0. The summed E-state index contributed by atoms with van der Waals surface area (Å²) in [4.78, 5) is 7.62. The first-order chi connectivity index (χ1) is 42.4. The van der Waals surface area contributed by atoms with E-state index in [1.807, 2.05) is 0 Å². The zero-order valence-corrected chi connectivity index (χ0v) is 56.3. The van der Waals surface area contributed by atoms with Crippen molar-refractivity contribution in [2.75, 3.05) is 14.7 Å². The van der Waals surface area contributed by atoms with Crippen LogP contribution in [0.5, 0.6) is 0 Å². The van der Waals surface area contributed by atoms with Crippen LogP contribution in [0.4, 0.5) is 51.2 Å². The molecule has 0 atom stereocenters. The molecule has 2 aliphatic rings. The lowest BCUT2D eigenvalue weighted by Crippen LogP contribution is -2.61. The van der Waals surface area contributed by atoms with Gasteiger partial charge in [0.05, 0.1) is 16.7 Å². The summed E-state index contributed by atoms with van der Waals surface area (Å²) in [5.74, 6) is 0. The van der Waals surface area contributed by atoms with Gasteiger partial charge < -0.3 is 23.7 Å². The Kier molecular flexibility index (Phi) is 13.3. The van der Waals surface area contributed by atoms with Gasteiger partial charge in [-0.05, 0) is 185 Å². The fourth-order valence-corrected chi connectivity index (χ4v) is 14.2. The Labute approximate surface area is 535 Å². The van der Waals surface area contributed by atoms with E-state index in [4.69, 9.17) is 4.42 Å². The lowest BCUT2D eigenvalue weighted by atomic mass is 9.33. The molecule has 90 heavy (non-hydrogen) atoms. The quantitative estimate of drug-likeness (QED) is 0.155. The largest absolute Gasteiger partial charge is 0.454 e. The third-order valence-corrected chi connectivity index (χ3v) is 19.5. The molecular formula is C84H87BN4O. The third-order valence-electron chi connectivity index (χ3n) is 19.5. The van der Waals surface area contributed by atoms with Gasteiger partial charge in [0.1, 0.15) is 11.3 Å². The highest BCUT2D eigenvalue weighted by atomic mass is 16.3. The van der Waals surface area contributed by atoms with Gasteiger partial charge in [-0.1, -0.05) is 222 Å². The van der Waals surface area contributed by atoms with Crippen molar-refractivity contribution in [1.29, 1.82) is 0 Å². The number of anilines is 9. The molecular weight excluding hydrogens is 1090 g/mol. The lowest BCUT2D eigenvalue weighted by molar-refractivity contribution is 0.590. The van der Waals surface area contributed by atoms with Crippen LogP contribution in [0.25, 0.3) is 49.4 Å². The second kappa shape index (κ2) is 20.4. The molecule has 0 N–H and O–H groups in total. The minimum Gasteiger partial charge on any atom is -0.454 e. The van der Waals surface area contributed by atoms with Crippen LogP contribution in [0.2, 0.25) is 0 Å². The molecule has 4 heterocycles. The van der Waals surface area contributed by atoms with Crippen molar-refractivity contribution in [3.8, 4) is 5.69 Å². The van der Waals surface area contributed by atoms with Crippen LogP contribution in [0, 0.1) is 0 Å². The Hall–Kier alpha value is -8.74. The smallest absolute Gasteiger partial charge is 0.252 e. The summed E-state index contributed by atoms with van der Waals surface area (Å²) in [7, 11) is 0. The van der Waals surface area contributed by atoms with Gasteiger partial charge in [-0.3, -0.25) is 0 Å². The summed E-state index contributed by atoms with van der Waals surface area (Å²) >= 11 is 0. The molecule has 0 bridgehead atoms. The maximum atomic E-state index is 7.46. The maximum absolute atomic E-state index is 7.46. The summed E-state index contributed by atoms with van der Waals surface area (Å²) in [5.41, 5.74) is 26.4. The van der Waals surface area contributed by atoms with Gasteiger partial charge in [-0.2, -0.15) is 0 Å². The number of fused-ring (bicyclic) bond motifs is 10. The van der Waals surface area contributed by atoms with Crippen LogP contribution in [0.3, 0.4) is 0 Å². The topological polar surface area (TPSA) is 27.8 Å². The molecule has 0 unspecified atom stereocenters. The highest BCUT2D eigenvalue weighted by Crippen LogP contribution is 2.52. The molecule has 14 rings (SSSR count). The van der Waals surface area contributed by atoms with Crippen LogP contribution >= 0.6 is 0 Å². The molecule has 0 saturated carbocycles. The van der Waals surface area contributed by atoms with Gasteiger partial charge in [0.15, 0.2) is 5.58 Å². The molecule has 0 aliphatic carbocycles. The Morgan fingerprint density at radius 1 is 0.322 bits per heavy atom. The molecule has 452 valence electrons. The van der Waals surface area contributed by atoms with Gasteiger partial charge in [0.25, 0.3) is 6.71 Å². The van der Waals surface area contributed by atoms with Gasteiger partial charge >= 0.3 is 0 Å². The molecule has 6 heteroatoms. The Balaban J connectivity index is 1.12. The standard InChI is InChI=1S/C84H87BN4O/c1-79(2,3)52-26-36-58(37-27-52)86(59-38-28-53(29-39-59)80(4,5)6)62-44-45-67-73(50-62)87(60-40-30-54(31-41-60)81(7,8)9)71-23-21-24-72-75(71)85(67)68-51-66-63-22-19-20-25-74(63)90-78(66)77(76(68)88(72)61-42-32-55(33-43-61)82(10,11)12)89-69-46-34-56(83(13,14)15)48-64(69)65-49-57(84(16,17)18)35-47-70(65)89/h19-51H,1-18H3. The highest BCUT2D eigenvalue weighted by molar-refractivity contribution is 7.00. The summed E-state index contributed by atoms with van der Waals surface area (Å²) in [6.07, 6.45) is 0. The number of benzene rings is 10. The molecule has 12 aromatic rings. The molecule has 0 radical (unpaired) electrons. The fourth-order valence-electron chi connectivity index (χ4n) is 14.2. The maximum Gasteiger partial charge on any atom is 0.252 e. The van der Waals surface area contributed by atoms with E-state index in [1.54, 1.807) is 0 Å². The van der Waals surface area contributed by atoms with Crippen molar-refractivity contribution in [2.45, 2.75) is 157 Å². The minimum atomic E-state index is -0.207. The highest BCUT2D eigenvalue weighted by Gasteiger charge is 2.46. The average Bonchev–Trinajstić information content (AvgIpc) is 1.15. The van der Waals surface area contributed by atoms with Crippen molar-refractivity contribution >= 4 is 118 Å². The number of para-hydroxylation sites is 1. The van der Waals surface area contributed by atoms with Crippen LogP contribution in [0.15, 0.2) is 205 Å². The zero-order chi connectivity index (χ0) is 63.5.